The van der Waals surface area contributed by atoms with Crippen LogP contribution in [0.4, 0.5) is 0 Å². The number of Topliss-reactive ketones (excluding diaryl/α,β-unsaturated/α-hetero) is 1. The first-order valence-corrected chi connectivity index (χ1v) is 33.5. The number of carbonyl (C=O) groups excluding carboxylic acids is 1. The van der Waals surface area contributed by atoms with Crippen LogP contribution in [0.15, 0.2) is 36.5 Å². The maximum absolute atomic E-state index is 14.3. The normalized spacial score (nSPS) is 43.8. The molecule has 0 N–H and O–H groups in total. The summed E-state index contributed by atoms with van der Waals surface area (Å²) in [6.45, 7) is 21.3. The number of fused-ring (bicyclic) bond motifs is 7. The van der Waals surface area contributed by atoms with E-state index in [2.05, 4.69) is 75.6 Å². The van der Waals surface area contributed by atoms with Crippen LogP contribution in [-0.2, 0) is 42.3 Å². The standard InChI is InChI=1S/C43H70O9P8/c1-22-7-8-29-18-25(4)33(45-29)11-9-30-17-24(3)26(5)36(46-30)21-37-32(27(6)35(48-37)15-23(2)13-14-57-53)20-28(44)19-31-10-12-34-39(47-31)43(52-60(55)56)42-41(49-34)40(51-58-59-54)38(16-22)50-42/h23-24,27,29-43,57H,1,4-5,7-21,53,55-56H2,2-3,6H3/t23-,24-,27-,29?,30+,31-,32-,33+,34+,35-,36-,37+,38-,39+,40+,41+,42?,43+/m1/s1. The van der Waals surface area contributed by atoms with Gasteiger partial charge in [-0.05, 0) is 61.1 Å². The summed E-state index contributed by atoms with van der Waals surface area (Å²) in [6.07, 6.45) is 10.3. The molecule has 336 valence electrons. The van der Waals surface area contributed by atoms with E-state index in [9.17, 15) is 4.79 Å². The molecule has 7 aliphatic rings. The monoisotopic (exact) mass is 978 g/mol. The molecular formula is C43H70O9P8. The Morgan fingerprint density at radius 2 is 1.57 bits per heavy atom. The zero-order valence-electron chi connectivity index (χ0n) is 35.8. The van der Waals surface area contributed by atoms with Gasteiger partial charge in [0.1, 0.15) is 0 Å². The molecular weight excluding hydrogens is 908 g/mol. The van der Waals surface area contributed by atoms with Crippen molar-refractivity contribution in [1.29, 1.82) is 0 Å². The maximum atomic E-state index is 14.3. The molecule has 6 unspecified atom stereocenters. The van der Waals surface area contributed by atoms with Gasteiger partial charge in [0.05, 0.1) is 24.4 Å². The van der Waals surface area contributed by atoms with E-state index in [0.29, 0.717) is 31.1 Å². The SMILES string of the molecule is C=C1CCC2CC(=C)[C@H](CC[C@H]3C[C@@H](C)C(=C)[C@@H](C[C@@H]4O[C@H](C[C@H](C)CCPP)[C@H](C)[C@H]4CC(=O)C[C@H]4CC[C@@H]5O[C@@H]6C(O[C@H](C1)[C@@H]6OP=P#P)[C@@H](OP(P)P)[C@H]5O4)O3)O2. The van der Waals surface area contributed by atoms with E-state index in [-0.39, 0.29) is 103 Å². The van der Waals surface area contributed by atoms with Crippen LogP contribution in [0.25, 0.3) is 0 Å². The Balaban J connectivity index is 1.14. The third kappa shape index (κ3) is 12.5. The van der Waals surface area contributed by atoms with E-state index in [1.807, 2.05) is 0 Å². The zero-order valence-corrected chi connectivity index (χ0v) is 43.9. The third-order valence-corrected chi connectivity index (χ3v) is 18.7. The summed E-state index contributed by atoms with van der Waals surface area (Å²) in [6, 6.07) is 0. The fourth-order valence-electron chi connectivity index (χ4n) is 11.2. The molecule has 7 saturated heterocycles. The van der Waals surface area contributed by atoms with Gasteiger partial charge in [-0.2, -0.15) is 0 Å². The second-order valence-corrected chi connectivity index (χ2v) is 30.0. The number of carbonyl (C=O) groups is 1. The molecule has 8 bridgehead atoms. The number of hydrogen-bond acceptors (Lipinski definition) is 9. The van der Waals surface area contributed by atoms with Gasteiger partial charge in [0.25, 0.3) is 0 Å². The minimum absolute atomic E-state index is 0.0289. The molecule has 0 radical (unpaired) electrons. The molecule has 0 amide bonds. The predicted octanol–water partition coefficient (Wildman–Crippen LogP) is 12.1. The number of ketones is 1. The van der Waals surface area contributed by atoms with Crippen LogP contribution in [0.2, 0.25) is 0 Å². The predicted molar refractivity (Wildman–Crippen MR) is 260 cm³/mol. The summed E-state index contributed by atoms with van der Waals surface area (Å²) < 4.78 is 54.5. The molecule has 7 heterocycles. The van der Waals surface area contributed by atoms with Crippen LogP contribution < -0.4 is 0 Å². The van der Waals surface area contributed by atoms with Crippen LogP contribution in [-0.4, -0.2) is 97.4 Å². The van der Waals surface area contributed by atoms with Gasteiger partial charge in [0.15, 0.2) is 0 Å². The van der Waals surface area contributed by atoms with Crippen molar-refractivity contribution < 1.29 is 42.3 Å². The molecule has 0 aliphatic carbocycles. The van der Waals surface area contributed by atoms with Crippen LogP contribution in [0.1, 0.15) is 111 Å². The van der Waals surface area contributed by atoms with Crippen molar-refractivity contribution in [2.75, 3.05) is 6.16 Å². The Hall–Kier alpha value is 1.88. The van der Waals surface area contributed by atoms with E-state index in [4.69, 9.17) is 37.5 Å². The second-order valence-electron chi connectivity index (χ2n) is 18.9. The first kappa shape index (κ1) is 49.8. The van der Waals surface area contributed by atoms with Gasteiger partial charge < -0.3 is 9.47 Å². The Labute approximate surface area is 374 Å². The molecule has 0 aromatic carbocycles. The van der Waals surface area contributed by atoms with E-state index in [1.165, 1.54) is 18.2 Å². The summed E-state index contributed by atoms with van der Waals surface area (Å²) in [4.78, 5) is 14.3. The minimum atomic E-state index is -0.907. The molecule has 0 saturated carbocycles. The number of hydrogen-bond donors (Lipinski definition) is 0. The molecule has 0 spiro atoms. The van der Waals surface area contributed by atoms with Crippen molar-refractivity contribution >= 4 is 71.8 Å². The van der Waals surface area contributed by atoms with Crippen molar-refractivity contribution in [2.45, 2.75) is 196 Å². The molecule has 7 aliphatic heterocycles. The zero-order chi connectivity index (χ0) is 42.7. The van der Waals surface area contributed by atoms with Gasteiger partial charge in [-0.15, -0.1) is 17.2 Å². The Morgan fingerprint density at radius 3 is 2.33 bits per heavy atom. The summed E-state index contributed by atoms with van der Waals surface area (Å²) in [5.41, 5.74) is 3.44. The first-order chi connectivity index (χ1) is 28.8. The average molecular weight is 979 g/mol. The average Bonchev–Trinajstić information content (AvgIpc) is 3.83. The third-order valence-electron chi connectivity index (χ3n) is 14.5. The van der Waals surface area contributed by atoms with Crippen LogP contribution >= 0.6 is 66.0 Å². The summed E-state index contributed by atoms with van der Waals surface area (Å²) >= 11 is 0. The molecule has 60 heavy (non-hydrogen) atoms. The molecule has 7 fully saturated rings. The Kier molecular flexibility index (Phi) is 19.3. The molecule has 22 atom stereocenters. The molecule has 7 rings (SSSR count). The van der Waals surface area contributed by atoms with E-state index >= 15 is 0 Å². The number of ether oxygens (including phenoxy) is 6. The summed E-state index contributed by atoms with van der Waals surface area (Å²) in [5, 5.41) is 0. The molecule has 0 aromatic rings. The summed E-state index contributed by atoms with van der Waals surface area (Å²) in [5.74, 6) is 1.50. The quantitative estimate of drug-likeness (QED) is 0.165. The van der Waals surface area contributed by atoms with E-state index in [1.54, 1.807) is 0 Å². The first-order valence-electron chi connectivity index (χ1n) is 22.4. The van der Waals surface area contributed by atoms with Gasteiger partial charge in [-0.3, -0.25) is 0 Å². The van der Waals surface area contributed by atoms with Crippen molar-refractivity contribution in [3.8, 4) is 0 Å². The molecule has 17 heteroatoms. The Morgan fingerprint density at radius 1 is 0.833 bits per heavy atom. The Bertz CT molecular complexity index is 1640. The van der Waals surface area contributed by atoms with E-state index in [0.717, 1.165) is 98.7 Å². The van der Waals surface area contributed by atoms with Crippen molar-refractivity contribution in [3.05, 3.63) is 36.5 Å². The van der Waals surface area contributed by atoms with Gasteiger partial charge in [-0.25, -0.2) is 0 Å². The molecule has 9 nitrogen and oxygen atoms in total. The van der Waals surface area contributed by atoms with E-state index < -0.39 is 7.53 Å². The molecule has 0 aromatic heterocycles. The fourth-order valence-corrected chi connectivity index (χ4v) is 14.9. The van der Waals surface area contributed by atoms with Gasteiger partial charge in [0.2, 0.25) is 0 Å². The van der Waals surface area contributed by atoms with Gasteiger partial charge in [-0.1, -0.05) is 27.4 Å². The summed E-state index contributed by atoms with van der Waals surface area (Å²) in [7, 11) is 13.6. The van der Waals surface area contributed by atoms with Crippen LogP contribution in [0, 0.1) is 23.7 Å². The van der Waals surface area contributed by atoms with Crippen molar-refractivity contribution in [3.63, 3.8) is 0 Å². The van der Waals surface area contributed by atoms with Crippen LogP contribution in [0.5, 0.6) is 0 Å². The van der Waals surface area contributed by atoms with Gasteiger partial charge >= 0.3 is 230 Å². The van der Waals surface area contributed by atoms with Gasteiger partial charge in [0, 0.05) is 6.42 Å². The second kappa shape index (κ2) is 23.3. The number of rotatable bonds is 9. The topological polar surface area (TPSA) is 90.9 Å². The van der Waals surface area contributed by atoms with Crippen LogP contribution in [0.3, 0.4) is 0 Å². The van der Waals surface area contributed by atoms with Crippen molar-refractivity contribution in [1.82, 2.24) is 0 Å². The van der Waals surface area contributed by atoms with Crippen molar-refractivity contribution in [2.24, 2.45) is 23.7 Å². The fraction of sp³-hybridized carbons (Fsp3) is 0.837.